The smallest absolute Gasteiger partial charge is 0.100 e. The van der Waals surface area contributed by atoms with Crippen molar-refractivity contribution >= 4 is 0 Å². The molecule has 6 heavy (non-hydrogen) atoms. The van der Waals surface area contributed by atoms with Crippen LogP contribution in [0.3, 0.4) is 0 Å². The summed E-state index contributed by atoms with van der Waals surface area (Å²) in [6.07, 6.45) is -1.32. The molecule has 0 heterocycles. The molecule has 0 radical (unpaired) electrons. The number of rotatable bonds is 2. The molecule has 3 heteroatoms. The molecule has 0 aromatic carbocycles. The fourth-order valence-electron chi connectivity index (χ4n) is 0.0471. The second-order valence-corrected chi connectivity index (χ2v) is 0.899. The predicted molar refractivity (Wildman–Crippen MR) is 20.2 cm³/mol. The summed E-state index contributed by atoms with van der Waals surface area (Å²) in [5.74, 6) is 0. The van der Waals surface area contributed by atoms with Crippen molar-refractivity contribution in [1.29, 1.82) is 0 Å². The molecule has 0 aliphatic rings. The Kier molecular flexibility index (Phi) is 2.08. The quantitative estimate of drug-likeness (QED) is 0.359. The van der Waals surface area contributed by atoms with Crippen molar-refractivity contribution < 1.29 is 16.7 Å². The van der Waals surface area contributed by atoms with E-state index in [0.29, 0.717) is 0 Å². The van der Waals surface area contributed by atoms with E-state index in [1.54, 1.807) is 0 Å². The highest BCUT2D eigenvalue weighted by atomic mass is 16.4. The van der Waals surface area contributed by atoms with Crippen LogP contribution in [-0.2, 0) is 0 Å². The molecule has 0 aromatic heterocycles. The number of aliphatic hydroxyl groups excluding tert-OH is 3. The monoisotopic (exact) mass is 94.1 g/mol. The molecule has 0 aromatic rings. The summed E-state index contributed by atoms with van der Waals surface area (Å²) < 4.78 is 6.33. The summed E-state index contributed by atoms with van der Waals surface area (Å²) in [6, 6.07) is 0. The van der Waals surface area contributed by atoms with Crippen LogP contribution in [-0.4, -0.2) is 34.6 Å². The van der Waals surface area contributed by atoms with Crippen LogP contribution in [0.25, 0.3) is 0 Å². The molecule has 0 unspecified atom stereocenters. The molecular weight excluding hydrogens is 85.0 g/mol. The molecule has 3 nitrogen and oxygen atoms in total. The first-order valence-electron chi connectivity index (χ1n) is 2.15. The Balaban J connectivity index is 3.14. The maximum Gasteiger partial charge on any atom is 0.100 e. The minimum Gasteiger partial charge on any atom is -0.394 e. The van der Waals surface area contributed by atoms with Crippen LogP contribution in [0.15, 0.2) is 0 Å². The molecule has 2 atom stereocenters. The van der Waals surface area contributed by atoms with Crippen LogP contribution in [0, 0.1) is 0 Å². The molecule has 0 aliphatic heterocycles. The Hall–Kier alpha value is -0.120. The number of aliphatic hydroxyl groups is 3. The standard InChI is InChI=1S/C3H8O3/c4-1-3(6)2-5/h3-6H,1-2H2/i1+1D/t1-,3-/m1/s1. The summed E-state index contributed by atoms with van der Waals surface area (Å²) in [6.45, 7) is -2.14. The average Bonchev–Trinajstić information content (AvgIpc) is 1.65. The molecule has 0 spiro atoms. The van der Waals surface area contributed by atoms with E-state index in [1.807, 2.05) is 0 Å². The van der Waals surface area contributed by atoms with Gasteiger partial charge in [-0.2, -0.15) is 0 Å². The van der Waals surface area contributed by atoms with Gasteiger partial charge in [0, 0.05) is 0 Å². The van der Waals surface area contributed by atoms with Gasteiger partial charge in [-0.15, -0.1) is 0 Å². The van der Waals surface area contributed by atoms with Crippen molar-refractivity contribution in [1.82, 2.24) is 0 Å². The number of hydrogen-bond acceptors (Lipinski definition) is 3. The van der Waals surface area contributed by atoms with Gasteiger partial charge < -0.3 is 15.3 Å². The van der Waals surface area contributed by atoms with E-state index in [0.717, 1.165) is 0 Å². The van der Waals surface area contributed by atoms with E-state index in [1.165, 1.54) is 0 Å². The lowest BCUT2D eigenvalue weighted by atomic mass is 10.6. The minimum absolute atomic E-state index is 0.565. The fraction of sp³-hybridized carbons (Fsp3) is 1.00. The van der Waals surface area contributed by atoms with Gasteiger partial charge in [0.25, 0.3) is 0 Å². The van der Waals surface area contributed by atoms with Crippen molar-refractivity contribution in [3.05, 3.63) is 0 Å². The van der Waals surface area contributed by atoms with Crippen LogP contribution in [0.4, 0.5) is 0 Å². The zero-order valence-corrected chi connectivity index (χ0v) is 3.20. The molecule has 0 saturated carbocycles. The molecule has 0 rings (SSSR count). The van der Waals surface area contributed by atoms with E-state index in [9.17, 15) is 0 Å². The summed E-state index contributed by atoms with van der Waals surface area (Å²) in [7, 11) is 0. The topological polar surface area (TPSA) is 60.7 Å². The average molecular weight is 94.1 g/mol. The third kappa shape index (κ3) is 2.14. The maximum absolute atomic E-state index is 8.25. The van der Waals surface area contributed by atoms with Crippen molar-refractivity contribution in [3.8, 4) is 0 Å². The molecule has 0 fully saturated rings. The Morgan fingerprint density at radius 3 is 2.17 bits per heavy atom. The molecule has 38 valence electrons. The molecule has 0 aliphatic carbocycles. The molecule has 0 amide bonds. The molecule has 0 saturated heterocycles. The molecular formula is C3H8O3. The highest BCUT2D eigenvalue weighted by molar-refractivity contribution is 4.43. The van der Waals surface area contributed by atoms with E-state index < -0.39 is 19.3 Å². The van der Waals surface area contributed by atoms with Gasteiger partial charge in [0.1, 0.15) is 6.10 Å². The van der Waals surface area contributed by atoms with Gasteiger partial charge in [0.2, 0.25) is 0 Å². The van der Waals surface area contributed by atoms with Gasteiger partial charge in [-0.3, -0.25) is 0 Å². The van der Waals surface area contributed by atoms with Crippen LogP contribution in [0.5, 0.6) is 0 Å². The Bertz CT molecular complexity index is 47.4. The van der Waals surface area contributed by atoms with Gasteiger partial charge >= 0.3 is 0 Å². The Morgan fingerprint density at radius 2 is 2.17 bits per heavy atom. The molecule has 0 bridgehead atoms. The molecule has 3 N–H and O–H groups in total. The number of hydrogen-bond donors (Lipinski definition) is 3. The predicted octanol–water partition coefficient (Wildman–Crippen LogP) is -1.67. The lowest BCUT2D eigenvalue weighted by molar-refractivity contribution is 0.0450. The summed E-state index contributed by atoms with van der Waals surface area (Å²) in [5, 5.41) is 24.3. The first-order chi connectivity index (χ1) is 3.18. The zero-order valence-electron chi connectivity index (χ0n) is 4.20. The summed E-state index contributed by atoms with van der Waals surface area (Å²) >= 11 is 0. The Morgan fingerprint density at radius 1 is 1.67 bits per heavy atom. The van der Waals surface area contributed by atoms with E-state index in [-0.39, 0.29) is 0 Å². The summed E-state index contributed by atoms with van der Waals surface area (Å²) in [4.78, 5) is 0. The maximum atomic E-state index is 8.25. The van der Waals surface area contributed by atoms with Gasteiger partial charge in [-0.25, -0.2) is 0 Å². The summed E-state index contributed by atoms with van der Waals surface area (Å²) in [5.41, 5.74) is 0. The fourth-order valence-corrected chi connectivity index (χ4v) is 0.0471. The Labute approximate surface area is 37.3 Å². The second kappa shape index (κ2) is 3.08. The first kappa shape index (κ1) is 4.05. The van der Waals surface area contributed by atoms with E-state index in [2.05, 4.69) is 0 Å². The van der Waals surface area contributed by atoms with Crippen LogP contribution in [0.2, 0.25) is 0 Å². The van der Waals surface area contributed by atoms with Gasteiger partial charge in [0.05, 0.1) is 14.6 Å². The van der Waals surface area contributed by atoms with Crippen molar-refractivity contribution in [2.45, 2.75) is 6.10 Å². The van der Waals surface area contributed by atoms with Crippen LogP contribution < -0.4 is 0 Å². The van der Waals surface area contributed by atoms with Gasteiger partial charge in [0.15, 0.2) is 0 Å². The lowest BCUT2D eigenvalue weighted by Crippen LogP contribution is -2.15. The second-order valence-electron chi connectivity index (χ2n) is 0.899. The van der Waals surface area contributed by atoms with Gasteiger partial charge in [-0.1, -0.05) is 0 Å². The van der Waals surface area contributed by atoms with Crippen molar-refractivity contribution in [2.75, 3.05) is 13.2 Å². The van der Waals surface area contributed by atoms with E-state index >= 15 is 0 Å². The van der Waals surface area contributed by atoms with Crippen molar-refractivity contribution in [3.63, 3.8) is 0 Å². The lowest BCUT2D eigenvalue weighted by Gasteiger charge is -1.96. The largest absolute Gasteiger partial charge is 0.394 e. The third-order valence-corrected chi connectivity index (χ3v) is 0.359. The zero-order chi connectivity index (χ0) is 5.86. The van der Waals surface area contributed by atoms with Crippen LogP contribution in [0.1, 0.15) is 1.37 Å². The minimum atomic E-state index is -1.58. The normalized spacial score (nSPS) is 22.2. The highest BCUT2D eigenvalue weighted by Crippen LogP contribution is 1.71. The first-order valence-corrected chi connectivity index (χ1v) is 1.57. The van der Waals surface area contributed by atoms with Gasteiger partial charge in [-0.05, 0) is 0 Å². The van der Waals surface area contributed by atoms with Crippen LogP contribution >= 0.6 is 0 Å². The van der Waals surface area contributed by atoms with E-state index in [4.69, 9.17) is 16.7 Å². The SMILES string of the molecule is [2H][13C@@H](O)[C@@H](O)CO. The highest BCUT2D eigenvalue weighted by Gasteiger charge is 1.93. The third-order valence-electron chi connectivity index (χ3n) is 0.359. The van der Waals surface area contributed by atoms with Crippen molar-refractivity contribution in [2.24, 2.45) is 0 Å².